The van der Waals surface area contributed by atoms with Crippen molar-refractivity contribution < 1.29 is 0 Å². The maximum atomic E-state index is 6.70. The Morgan fingerprint density at radius 3 is 2.64 bits per heavy atom. The number of hydrogen-bond donors (Lipinski definition) is 0. The summed E-state index contributed by atoms with van der Waals surface area (Å²) in [6.07, 6.45) is 14.7. The van der Waals surface area contributed by atoms with Gasteiger partial charge in [0.2, 0.25) is 0 Å². The van der Waals surface area contributed by atoms with E-state index in [9.17, 15) is 0 Å². The Morgan fingerprint density at radius 2 is 2.09 bits per heavy atom. The van der Waals surface area contributed by atoms with Gasteiger partial charge in [0.05, 0.1) is 0 Å². The second-order valence-corrected chi connectivity index (χ2v) is 4.10. The molecule has 1 atom stereocenters. The van der Waals surface area contributed by atoms with Crippen LogP contribution in [0, 0.1) is 12.3 Å². The molecule has 0 aromatic heterocycles. The van der Waals surface area contributed by atoms with Crippen molar-refractivity contribution in [2.75, 3.05) is 6.26 Å². The summed E-state index contributed by atoms with van der Waals surface area (Å²) in [5, 5.41) is 0.805. The van der Waals surface area contributed by atoms with Gasteiger partial charge in [-0.1, -0.05) is 25.7 Å². The van der Waals surface area contributed by atoms with Crippen molar-refractivity contribution in [3.63, 3.8) is 0 Å². The van der Waals surface area contributed by atoms with Crippen molar-refractivity contribution in [3.05, 3.63) is 6.42 Å². The third-order valence-electron chi connectivity index (χ3n) is 1.81. The number of thioether (sulfide) groups is 1. The first kappa shape index (κ1) is 10.9. The van der Waals surface area contributed by atoms with Gasteiger partial charge in [-0.3, -0.25) is 0 Å². The van der Waals surface area contributed by atoms with E-state index in [4.69, 9.17) is 6.42 Å². The monoisotopic (exact) mass is 169 g/mol. The van der Waals surface area contributed by atoms with Crippen LogP contribution in [0.1, 0.15) is 39.0 Å². The van der Waals surface area contributed by atoms with Crippen LogP contribution in [0.25, 0.3) is 0 Å². The van der Waals surface area contributed by atoms with Gasteiger partial charge >= 0.3 is 0 Å². The van der Waals surface area contributed by atoms with E-state index in [2.05, 4.69) is 19.1 Å². The largest absolute Gasteiger partial charge is 0.162 e. The molecule has 0 aromatic rings. The third kappa shape index (κ3) is 7.81. The zero-order valence-corrected chi connectivity index (χ0v) is 8.34. The van der Waals surface area contributed by atoms with Crippen molar-refractivity contribution >= 4 is 11.8 Å². The van der Waals surface area contributed by atoms with E-state index in [-0.39, 0.29) is 0 Å². The molecule has 0 aromatic carbocycles. The summed E-state index contributed by atoms with van der Waals surface area (Å²) in [6, 6.07) is 0. The van der Waals surface area contributed by atoms with Gasteiger partial charge in [0.25, 0.3) is 0 Å². The van der Waals surface area contributed by atoms with E-state index in [1.54, 1.807) is 0 Å². The van der Waals surface area contributed by atoms with Crippen LogP contribution in [-0.2, 0) is 0 Å². The second-order valence-electron chi connectivity index (χ2n) is 2.82. The Kier molecular flexibility index (Phi) is 7.95. The van der Waals surface area contributed by atoms with E-state index >= 15 is 0 Å². The SMILES string of the molecule is [C]#CCCCCCC(C)SC. The molecule has 63 valence electrons. The molecule has 0 amide bonds. The lowest BCUT2D eigenvalue weighted by Gasteiger charge is -2.05. The van der Waals surface area contributed by atoms with Gasteiger partial charge in [-0.2, -0.15) is 11.8 Å². The molecule has 0 saturated carbocycles. The molecule has 0 heterocycles. The predicted octanol–water partition coefficient (Wildman–Crippen LogP) is 3.28. The van der Waals surface area contributed by atoms with Crippen molar-refractivity contribution in [1.82, 2.24) is 0 Å². The number of hydrogen-bond acceptors (Lipinski definition) is 1. The molecule has 0 fully saturated rings. The van der Waals surface area contributed by atoms with Crippen LogP contribution in [0.15, 0.2) is 0 Å². The minimum atomic E-state index is 0.805. The quantitative estimate of drug-likeness (QED) is 0.434. The van der Waals surface area contributed by atoms with Crippen molar-refractivity contribution in [2.45, 2.75) is 44.3 Å². The molecule has 11 heavy (non-hydrogen) atoms. The summed E-state index contributed by atoms with van der Waals surface area (Å²) in [6.45, 7) is 2.27. The molecule has 0 rings (SSSR count). The summed E-state index contributed by atoms with van der Waals surface area (Å²) >= 11 is 1.94. The van der Waals surface area contributed by atoms with Crippen LogP contribution in [-0.4, -0.2) is 11.5 Å². The second kappa shape index (κ2) is 8.01. The van der Waals surface area contributed by atoms with Crippen LogP contribution >= 0.6 is 11.8 Å². The topological polar surface area (TPSA) is 0 Å². The molecule has 0 spiro atoms. The summed E-state index contributed by atoms with van der Waals surface area (Å²) in [4.78, 5) is 0. The van der Waals surface area contributed by atoms with Gasteiger partial charge in [-0.05, 0) is 25.5 Å². The first-order valence-corrected chi connectivity index (χ1v) is 5.52. The van der Waals surface area contributed by atoms with E-state index < -0.39 is 0 Å². The first-order chi connectivity index (χ1) is 5.31. The molecular weight excluding hydrogens is 152 g/mol. The maximum Gasteiger partial charge on any atom is 0.00989 e. The molecule has 0 saturated heterocycles. The fourth-order valence-corrected chi connectivity index (χ4v) is 1.34. The molecule has 1 heteroatoms. The smallest absolute Gasteiger partial charge is 0.00989 e. The Balaban J connectivity index is 2.97. The standard InChI is InChI=1S/C10H17S/c1-4-5-6-7-8-9-10(2)11-3/h10H,5-9H2,2-3H3. The van der Waals surface area contributed by atoms with E-state index in [1.165, 1.54) is 19.3 Å². The highest BCUT2D eigenvalue weighted by molar-refractivity contribution is 7.99. The summed E-state index contributed by atoms with van der Waals surface area (Å²) in [7, 11) is 0. The molecular formula is C10H17S. The number of rotatable bonds is 6. The molecule has 1 unspecified atom stereocenters. The molecule has 0 N–H and O–H groups in total. The number of unbranched alkanes of at least 4 members (excludes halogenated alkanes) is 3. The van der Waals surface area contributed by atoms with Crippen LogP contribution in [0.2, 0.25) is 0 Å². The van der Waals surface area contributed by atoms with Gasteiger partial charge in [0.15, 0.2) is 0 Å². The van der Waals surface area contributed by atoms with Gasteiger partial charge in [-0.25, -0.2) is 0 Å². The van der Waals surface area contributed by atoms with Crippen LogP contribution in [0.3, 0.4) is 0 Å². The van der Waals surface area contributed by atoms with Gasteiger partial charge in [0, 0.05) is 11.7 Å². The van der Waals surface area contributed by atoms with Crippen molar-refractivity contribution in [3.8, 4) is 5.92 Å². The predicted molar refractivity (Wildman–Crippen MR) is 53.2 cm³/mol. The molecule has 1 radical (unpaired) electrons. The summed E-state index contributed by atoms with van der Waals surface area (Å²) in [5.74, 6) is 2.41. The summed E-state index contributed by atoms with van der Waals surface area (Å²) < 4.78 is 0. The minimum Gasteiger partial charge on any atom is -0.162 e. The normalized spacial score (nSPS) is 12.5. The van der Waals surface area contributed by atoms with Gasteiger partial charge in [0.1, 0.15) is 0 Å². The van der Waals surface area contributed by atoms with Crippen molar-refractivity contribution in [1.29, 1.82) is 0 Å². The Hall–Kier alpha value is -0.0900. The Labute approximate surface area is 75.1 Å². The lowest BCUT2D eigenvalue weighted by molar-refractivity contribution is 0.648. The average molecular weight is 169 g/mol. The highest BCUT2D eigenvalue weighted by atomic mass is 32.2. The zero-order valence-electron chi connectivity index (χ0n) is 7.52. The van der Waals surface area contributed by atoms with Crippen LogP contribution in [0.4, 0.5) is 0 Å². The minimum absolute atomic E-state index is 0.805. The van der Waals surface area contributed by atoms with Crippen molar-refractivity contribution in [2.24, 2.45) is 0 Å². The average Bonchev–Trinajstić information content (AvgIpc) is 2.04. The zero-order chi connectivity index (χ0) is 8.53. The lowest BCUT2D eigenvalue weighted by Crippen LogP contribution is -1.93. The van der Waals surface area contributed by atoms with Crippen LogP contribution < -0.4 is 0 Å². The maximum absolute atomic E-state index is 6.70. The molecule has 0 aliphatic rings. The molecule has 0 bridgehead atoms. The molecule has 0 aliphatic carbocycles. The molecule has 0 nitrogen and oxygen atoms in total. The molecule has 0 aliphatic heterocycles. The van der Waals surface area contributed by atoms with Gasteiger partial charge < -0.3 is 0 Å². The van der Waals surface area contributed by atoms with E-state index in [0.29, 0.717) is 0 Å². The Bertz CT molecular complexity index is 113. The first-order valence-electron chi connectivity index (χ1n) is 4.23. The Morgan fingerprint density at radius 1 is 1.36 bits per heavy atom. The fourth-order valence-electron chi connectivity index (χ4n) is 0.940. The highest BCUT2D eigenvalue weighted by Crippen LogP contribution is 2.14. The van der Waals surface area contributed by atoms with E-state index in [0.717, 1.165) is 18.1 Å². The third-order valence-corrected chi connectivity index (χ3v) is 2.86. The lowest BCUT2D eigenvalue weighted by atomic mass is 10.1. The van der Waals surface area contributed by atoms with Crippen LogP contribution in [0.5, 0.6) is 0 Å². The fraction of sp³-hybridized carbons (Fsp3) is 0.800. The summed E-state index contributed by atoms with van der Waals surface area (Å²) in [5.41, 5.74) is 0. The highest BCUT2D eigenvalue weighted by Gasteiger charge is 1.97. The van der Waals surface area contributed by atoms with Gasteiger partial charge in [-0.15, -0.1) is 0 Å². The van der Waals surface area contributed by atoms with E-state index in [1.807, 2.05) is 11.8 Å².